The van der Waals surface area contributed by atoms with Crippen LogP contribution in [-0.4, -0.2) is 37.7 Å². The first kappa shape index (κ1) is 27.2. The lowest BCUT2D eigenvalue weighted by molar-refractivity contribution is 0.102. The summed E-state index contributed by atoms with van der Waals surface area (Å²) in [5.74, 6) is -1.07. The second-order valence-electron chi connectivity index (χ2n) is 8.71. The first-order valence-corrected chi connectivity index (χ1v) is 13.6. The lowest BCUT2D eigenvalue weighted by Gasteiger charge is -2.15. The summed E-state index contributed by atoms with van der Waals surface area (Å²) in [6.45, 7) is 0. The normalized spacial score (nSPS) is 11.1. The Bertz CT molecular complexity index is 1900. The first-order valence-electron chi connectivity index (χ1n) is 12.1. The third kappa shape index (κ3) is 6.12. The average Bonchev–Trinajstić information content (AvgIpc) is 2.97. The predicted octanol–water partition coefficient (Wildman–Crippen LogP) is 5.39. The summed E-state index contributed by atoms with van der Waals surface area (Å²) >= 11 is 0. The molecule has 0 aliphatic heterocycles. The van der Waals surface area contributed by atoms with Crippen LogP contribution in [0.4, 0.5) is 27.4 Å². The van der Waals surface area contributed by atoms with Gasteiger partial charge in [0.05, 0.1) is 28.6 Å². The van der Waals surface area contributed by atoms with Gasteiger partial charge in [0.1, 0.15) is 17.9 Å². The van der Waals surface area contributed by atoms with Crippen molar-refractivity contribution < 1.29 is 27.1 Å². The molecule has 1 heterocycles. The maximum atomic E-state index is 14.0. The largest absolute Gasteiger partial charge is 0.497 e. The second-order valence-corrected chi connectivity index (χ2v) is 10.4. The first-order chi connectivity index (χ1) is 19.8. The monoisotopic (exact) mass is 571 g/mol. The van der Waals surface area contributed by atoms with Crippen molar-refractivity contribution in [2.24, 2.45) is 0 Å². The zero-order valence-electron chi connectivity index (χ0n) is 21.5. The van der Waals surface area contributed by atoms with Crippen LogP contribution in [0.25, 0.3) is 11.0 Å². The van der Waals surface area contributed by atoms with Crippen molar-refractivity contribution >= 4 is 56.3 Å². The molecule has 5 aromatic rings. The molecule has 0 spiro atoms. The van der Waals surface area contributed by atoms with Crippen LogP contribution in [0.2, 0.25) is 0 Å². The molecule has 0 aliphatic rings. The molecule has 0 radical (unpaired) electrons. The minimum absolute atomic E-state index is 0.0707. The standard InChI is InChI=1S/C29H22FN5O5S/c1-40-21-14-18(17-36)13-20(15-21)31-27-28(34-26-12-5-4-11-25(26)33-27)35-41(38,39)22-8-6-7-19(16-22)32-29(37)23-9-2-3-10-24(23)30/h2-17H,1H3,(H,31,33)(H,32,37)(H,34,35). The Morgan fingerprint density at radius 2 is 1.56 bits per heavy atom. The quantitative estimate of drug-likeness (QED) is 0.200. The van der Waals surface area contributed by atoms with E-state index in [1.807, 2.05) is 0 Å². The number of halogens is 1. The molecule has 12 heteroatoms. The molecule has 0 saturated carbocycles. The predicted molar refractivity (Wildman–Crippen MR) is 153 cm³/mol. The van der Waals surface area contributed by atoms with E-state index in [0.29, 0.717) is 34.3 Å². The minimum atomic E-state index is -4.25. The van der Waals surface area contributed by atoms with Gasteiger partial charge in [-0.1, -0.05) is 30.3 Å². The van der Waals surface area contributed by atoms with Gasteiger partial charge in [-0.2, -0.15) is 0 Å². The molecule has 0 aliphatic carbocycles. The number of nitrogens with one attached hydrogen (secondary N) is 3. The molecule has 41 heavy (non-hydrogen) atoms. The highest BCUT2D eigenvalue weighted by Gasteiger charge is 2.21. The van der Waals surface area contributed by atoms with E-state index in [1.165, 1.54) is 49.6 Å². The molecule has 0 fully saturated rings. The average molecular weight is 572 g/mol. The van der Waals surface area contributed by atoms with Crippen molar-refractivity contribution in [3.63, 3.8) is 0 Å². The summed E-state index contributed by atoms with van der Waals surface area (Å²) in [6.07, 6.45) is 0.654. The van der Waals surface area contributed by atoms with Crippen LogP contribution in [0.1, 0.15) is 20.7 Å². The number of benzene rings is 4. The van der Waals surface area contributed by atoms with E-state index in [-0.39, 0.29) is 27.8 Å². The molecular formula is C29H22FN5O5S. The molecular weight excluding hydrogens is 549 g/mol. The molecule has 4 aromatic carbocycles. The molecule has 206 valence electrons. The van der Waals surface area contributed by atoms with Gasteiger partial charge in [-0.15, -0.1) is 0 Å². The number of ether oxygens (including phenoxy) is 1. The topological polar surface area (TPSA) is 139 Å². The molecule has 0 bridgehead atoms. The molecule has 0 atom stereocenters. The number of aromatic nitrogens is 2. The molecule has 10 nitrogen and oxygen atoms in total. The Morgan fingerprint density at radius 1 is 0.854 bits per heavy atom. The number of carbonyl (C=O) groups excluding carboxylic acids is 2. The Balaban J connectivity index is 1.48. The summed E-state index contributed by atoms with van der Waals surface area (Å²) in [5.41, 5.74) is 1.62. The summed E-state index contributed by atoms with van der Waals surface area (Å²) in [5, 5.41) is 5.53. The fourth-order valence-electron chi connectivity index (χ4n) is 3.95. The van der Waals surface area contributed by atoms with E-state index in [2.05, 4.69) is 25.3 Å². The lowest BCUT2D eigenvalue weighted by Crippen LogP contribution is -2.17. The van der Waals surface area contributed by atoms with Gasteiger partial charge in [0.2, 0.25) is 0 Å². The summed E-state index contributed by atoms with van der Waals surface area (Å²) in [7, 11) is -2.80. The van der Waals surface area contributed by atoms with Crippen molar-refractivity contribution in [1.29, 1.82) is 0 Å². The van der Waals surface area contributed by atoms with Crippen molar-refractivity contribution in [2.45, 2.75) is 4.90 Å². The van der Waals surface area contributed by atoms with Crippen LogP contribution in [0.3, 0.4) is 0 Å². The number of amides is 1. The number of aldehydes is 1. The van der Waals surface area contributed by atoms with E-state index < -0.39 is 21.7 Å². The van der Waals surface area contributed by atoms with Crippen LogP contribution in [0.5, 0.6) is 5.75 Å². The third-order valence-corrected chi connectivity index (χ3v) is 7.22. The Kier molecular flexibility index (Phi) is 7.57. The fourth-order valence-corrected chi connectivity index (χ4v) is 5.00. The van der Waals surface area contributed by atoms with Gasteiger partial charge in [-0.3, -0.25) is 14.3 Å². The molecule has 1 aromatic heterocycles. The number of hydrogen-bond acceptors (Lipinski definition) is 8. The molecule has 5 rings (SSSR count). The van der Waals surface area contributed by atoms with Gasteiger partial charge >= 0.3 is 0 Å². The van der Waals surface area contributed by atoms with Crippen LogP contribution < -0.4 is 20.1 Å². The van der Waals surface area contributed by atoms with E-state index in [0.717, 1.165) is 6.07 Å². The highest BCUT2D eigenvalue weighted by Crippen LogP contribution is 2.29. The van der Waals surface area contributed by atoms with Crippen molar-refractivity contribution in [3.8, 4) is 5.75 Å². The maximum absolute atomic E-state index is 14.0. The zero-order chi connectivity index (χ0) is 29.0. The van der Waals surface area contributed by atoms with Crippen LogP contribution in [-0.2, 0) is 10.0 Å². The van der Waals surface area contributed by atoms with Crippen LogP contribution >= 0.6 is 0 Å². The second kappa shape index (κ2) is 11.4. The van der Waals surface area contributed by atoms with E-state index in [9.17, 15) is 22.4 Å². The summed E-state index contributed by atoms with van der Waals surface area (Å²) in [6, 6.07) is 22.6. The summed E-state index contributed by atoms with van der Waals surface area (Å²) < 4.78 is 48.7. The SMILES string of the molecule is COc1cc(C=O)cc(Nc2nc3ccccc3nc2NS(=O)(=O)c2cccc(NC(=O)c3ccccc3F)c2)c1. The smallest absolute Gasteiger partial charge is 0.263 e. The van der Waals surface area contributed by atoms with E-state index >= 15 is 0 Å². The molecule has 0 saturated heterocycles. The number of hydrogen-bond donors (Lipinski definition) is 3. The van der Waals surface area contributed by atoms with E-state index in [1.54, 1.807) is 42.5 Å². The van der Waals surface area contributed by atoms with Gasteiger partial charge in [-0.05, 0) is 54.6 Å². The van der Waals surface area contributed by atoms with E-state index in [4.69, 9.17) is 4.74 Å². The minimum Gasteiger partial charge on any atom is -0.497 e. The number of anilines is 4. The third-order valence-electron chi connectivity index (χ3n) is 5.89. The maximum Gasteiger partial charge on any atom is 0.263 e. The number of nitrogens with zero attached hydrogens (tertiary/aromatic N) is 2. The number of methoxy groups -OCH3 is 1. The Labute approximate surface area is 234 Å². The highest BCUT2D eigenvalue weighted by molar-refractivity contribution is 7.92. The van der Waals surface area contributed by atoms with Gasteiger partial charge < -0.3 is 15.4 Å². The number of rotatable bonds is 9. The van der Waals surface area contributed by atoms with Gasteiger partial charge in [-0.25, -0.2) is 22.8 Å². The lowest BCUT2D eigenvalue weighted by atomic mass is 10.2. The number of para-hydroxylation sites is 2. The van der Waals surface area contributed by atoms with Crippen LogP contribution in [0, 0.1) is 5.82 Å². The van der Waals surface area contributed by atoms with Gasteiger partial charge in [0, 0.05) is 23.0 Å². The summed E-state index contributed by atoms with van der Waals surface area (Å²) in [4.78, 5) is 32.8. The van der Waals surface area contributed by atoms with Gasteiger partial charge in [0.15, 0.2) is 11.6 Å². The van der Waals surface area contributed by atoms with Gasteiger partial charge in [0.25, 0.3) is 15.9 Å². The Morgan fingerprint density at radius 3 is 2.27 bits per heavy atom. The Hall–Kier alpha value is -5.36. The number of carbonyl (C=O) groups is 2. The number of sulfonamides is 1. The fraction of sp³-hybridized carbons (Fsp3) is 0.0345. The molecule has 3 N–H and O–H groups in total. The highest BCUT2D eigenvalue weighted by atomic mass is 32.2. The zero-order valence-corrected chi connectivity index (χ0v) is 22.3. The van der Waals surface area contributed by atoms with Crippen molar-refractivity contribution in [1.82, 2.24) is 9.97 Å². The number of fused-ring (bicyclic) bond motifs is 1. The molecule has 1 amide bonds. The van der Waals surface area contributed by atoms with Crippen molar-refractivity contribution in [3.05, 3.63) is 108 Å². The van der Waals surface area contributed by atoms with Crippen molar-refractivity contribution in [2.75, 3.05) is 22.5 Å². The van der Waals surface area contributed by atoms with Crippen LogP contribution in [0.15, 0.2) is 95.9 Å². The molecule has 0 unspecified atom stereocenters.